The van der Waals surface area contributed by atoms with Crippen molar-refractivity contribution in [3.05, 3.63) is 107 Å². The molecule has 1 heterocycles. The zero-order valence-electron chi connectivity index (χ0n) is 34.8. The third kappa shape index (κ3) is 12.7. The van der Waals surface area contributed by atoms with Crippen LogP contribution in [0, 0.1) is 11.7 Å². The van der Waals surface area contributed by atoms with Crippen molar-refractivity contribution in [2.45, 2.75) is 98.0 Å². The molecule has 2 amide bonds. The van der Waals surface area contributed by atoms with Gasteiger partial charge in [0.25, 0.3) is 0 Å². The van der Waals surface area contributed by atoms with Crippen molar-refractivity contribution >= 4 is 18.8 Å². The van der Waals surface area contributed by atoms with E-state index in [2.05, 4.69) is 19.9 Å². The topological polar surface area (TPSA) is 124 Å². The van der Waals surface area contributed by atoms with Gasteiger partial charge in [-0.2, -0.15) is 0 Å². The number of carbonyl (C=O) groups excluding carboxylic acids is 2. The van der Waals surface area contributed by atoms with Gasteiger partial charge < -0.3 is 29.0 Å². The molecular formula is C47H57FN2O9. The van der Waals surface area contributed by atoms with Crippen molar-refractivity contribution < 1.29 is 47.7 Å². The van der Waals surface area contributed by atoms with Crippen molar-refractivity contribution in [2.75, 3.05) is 26.3 Å². The highest BCUT2D eigenvalue weighted by atomic mass is 19.1. The molecule has 0 aromatic heterocycles. The highest BCUT2D eigenvalue weighted by molar-refractivity contribution is 5.73. The first-order valence-electron chi connectivity index (χ1n) is 20.4. The molecule has 1 N–H and O–H groups in total. The van der Waals surface area contributed by atoms with E-state index in [-0.39, 0.29) is 25.3 Å². The van der Waals surface area contributed by atoms with Gasteiger partial charge in [0.2, 0.25) is 12.8 Å². The Labute approximate surface area is 346 Å². The molecular weight excluding hydrogens is 756 g/mol. The summed E-state index contributed by atoms with van der Waals surface area (Å²) in [6.07, 6.45) is 4.54. The molecule has 1 aliphatic rings. The summed E-state index contributed by atoms with van der Waals surface area (Å²) in [6.45, 7) is 10.6. The van der Waals surface area contributed by atoms with E-state index in [0.717, 1.165) is 51.3 Å². The molecule has 0 saturated heterocycles. The summed E-state index contributed by atoms with van der Waals surface area (Å²) in [5.74, 6) is 0.381. The number of carboxylic acid groups (broad SMARTS) is 1. The molecule has 2 atom stereocenters. The maximum atomic E-state index is 13.8. The first-order valence-corrected chi connectivity index (χ1v) is 20.4. The molecule has 316 valence electrons. The minimum absolute atomic E-state index is 0.0545. The fourth-order valence-electron chi connectivity index (χ4n) is 7.01. The van der Waals surface area contributed by atoms with Crippen molar-refractivity contribution in [2.24, 2.45) is 5.92 Å². The van der Waals surface area contributed by atoms with Crippen LogP contribution in [-0.2, 0) is 45.1 Å². The van der Waals surface area contributed by atoms with Crippen LogP contribution in [0.2, 0.25) is 0 Å². The lowest BCUT2D eigenvalue weighted by molar-refractivity contribution is -0.217. The Kier molecular flexibility index (Phi) is 16.1. The van der Waals surface area contributed by atoms with Crippen LogP contribution in [0.25, 0.3) is 11.1 Å². The smallest absolute Gasteiger partial charge is 0.308 e. The number of benzene rings is 4. The molecule has 0 aliphatic carbocycles. The number of rotatable bonds is 23. The molecule has 11 nitrogen and oxygen atoms in total. The monoisotopic (exact) mass is 812 g/mol. The molecule has 0 radical (unpaired) electrons. The standard InChI is InChI=1S/C47H57FN2O9/c1-6-12-39-41(21-17-36-18-22-44(58-45(36)39)49(31-51)29-37(46(53)54)23-24-50(32-52)59-47(3,4)5)55-25-11-26-56-42-28-43(57-30-33-13-9-8-10-14-33)40(27-34(42)7-2)35-15-19-38(48)20-16-35/h8-10,13-17,19-21,27-28,31-32,37,44H,6-7,11-12,18,22-26,29-30H2,1-5H3,(H,53,54). The minimum atomic E-state index is -1.08. The summed E-state index contributed by atoms with van der Waals surface area (Å²) in [7, 11) is 0. The average molecular weight is 813 g/mol. The molecule has 4 aromatic carbocycles. The van der Waals surface area contributed by atoms with Crippen molar-refractivity contribution in [3.63, 3.8) is 0 Å². The zero-order valence-corrected chi connectivity index (χ0v) is 34.8. The van der Waals surface area contributed by atoms with Crippen LogP contribution in [0.15, 0.2) is 78.9 Å². The fraction of sp³-hybridized carbons (Fsp3) is 0.426. The summed E-state index contributed by atoms with van der Waals surface area (Å²) < 4.78 is 39.3. The summed E-state index contributed by atoms with van der Waals surface area (Å²) in [4.78, 5) is 43.2. The second-order valence-electron chi connectivity index (χ2n) is 15.6. The number of carbonyl (C=O) groups is 3. The first kappa shape index (κ1) is 44.5. The molecule has 0 spiro atoms. The van der Waals surface area contributed by atoms with E-state index >= 15 is 0 Å². The number of ether oxygens (including phenoxy) is 4. The highest BCUT2D eigenvalue weighted by Gasteiger charge is 2.32. The van der Waals surface area contributed by atoms with E-state index in [1.165, 1.54) is 17.0 Å². The van der Waals surface area contributed by atoms with Crippen LogP contribution in [0.4, 0.5) is 4.39 Å². The van der Waals surface area contributed by atoms with Gasteiger partial charge in [-0.05, 0) is 93.0 Å². The number of fused-ring (bicyclic) bond motifs is 1. The van der Waals surface area contributed by atoms with Crippen LogP contribution < -0.4 is 18.9 Å². The zero-order chi connectivity index (χ0) is 42.4. The van der Waals surface area contributed by atoms with Gasteiger partial charge in [0.1, 0.15) is 35.4 Å². The summed E-state index contributed by atoms with van der Waals surface area (Å²) >= 11 is 0. The van der Waals surface area contributed by atoms with Gasteiger partial charge in [0.05, 0.1) is 24.7 Å². The quantitative estimate of drug-likeness (QED) is 0.0445. The summed E-state index contributed by atoms with van der Waals surface area (Å²) in [5.41, 5.74) is 5.01. The van der Waals surface area contributed by atoms with Crippen LogP contribution >= 0.6 is 0 Å². The van der Waals surface area contributed by atoms with E-state index in [1.54, 1.807) is 32.9 Å². The highest BCUT2D eigenvalue weighted by Crippen LogP contribution is 2.40. The lowest BCUT2D eigenvalue weighted by Gasteiger charge is -2.35. The predicted octanol–water partition coefficient (Wildman–Crippen LogP) is 8.82. The molecule has 1 aliphatic heterocycles. The Balaban J connectivity index is 1.23. The van der Waals surface area contributed by atoms with Gasteiger partial charge in [-0.15, -0.1) is 0 Å². The van der Waals surface area contributed by atoms with Gasteiger partial charge >= 0.3 is 5.97 Å². The van der Waals surface area contributed by atoms with Crippen LogP contribution in [0.1, 0.15) is 82.6 Å². The first-order chi connectivity index (χ1) is 28.4. The maximum absolute atomic E-state index is 13.8. The number of halogens is 1. The Morgan fingerprint density at radius 1 is 0.932 bits per heavy atom. The van der Waals surface area contributed by atoms with Crippen molar-refractivity contribution in [3.8, 4) is 34.1 Å². The van der Waals surface area contributed by atoms with E-state index in [1.807, 2.05) is 48.5 Å². The third-order valence-corrected chi connectivity index (χ3v) is 9.95. The maximum Gasteiger partial charge on any atom is 0.308 e. The third-order valence-electron chi connectivity index (χ3n) is 9.95. The van der Waals surface area contributed by atoms with Gasteiger partial charge in [-0.1, -0.05) is 68.8 Å². The molecule has 59 heavy (non-hydrogen) atoms. The Bertz CT molecular complexity index is 1980. The number of hydrogen-bond acceptors (Lipinski definition) is 8. The molecule has 12 heteroatoms. The SMILES string of the molecule is CCCc1c(OCCCOc2cc(OCc3ccccc3)c(-c3ccc(F)cc3)cc2CC)ccc2c1OC(N(C=O)CC(CCN(C=O)OC(C)(C)C)C(=O)O)CC2. The average Bonchev–Trinajstić information content (AvgIpc) is 3.23. The van der Waals surface area contributed by atoms with Gasteiger partial charge in [0, 0.05) is 43.1 Å². The largest absolute Gasteiger partial charge is 0.493 e. The number of nitrogens with zero attached hydrogens (tertiary/aromatic N) is 2. The normalized spacial score (nSPS) is 14.0. The van der Waals surface area contributed by atoms with E-state index in [9.17, 15) is 23.9 Å². The summed E-state index contributed by atoms with van der Waals surface area (Å²) in [5, 5.41) is 11.1. The minimum Gasteiger partial charge on any atom is -0.493 e. The Hall–Kier alpha value is -5.62. The number of aliphatic carboxylic acids is 1. The molecule has 4 aromatic rings. The van der Waals surface area contributed by atoms with Gasteiger partial charge in [-0.25, -0.2) is 9.45 Å². The number of hydrogen-bond donors (Lipinski definition) is 1. The second-order valence-corrected chi connectivity index (χ2v) is 15.6. The number of aryl methyl sites for hydroxylation is 2. The lowest BCUT2D eigenvalue weighted by atomic mass is 9.97. The van der Waals surface area contributed by atoms with E-state index in [0.29, 0.717) is 81.3 Å². The predicted molar refractivity (Wildman–Crippen MR) is 223 cm³/mol. The summed E-state index contributed by atoms with van der Waals surface area (Å²) in [6, 6.07) is 24.2. The van der Waals surface area contributed by atoms with Crippen molar-refractivity contribution in [1.82, 2.24) is 9.96 Å². The molecule has 0 fully saturated rings. The molecule has 0 saturated carbocycles. The second kappa shape index (κ2) is 21.4. The molecule has 0 bridgehead atoms. The van der Waals surface area contributed by atoms with Gasteiger partial charge in [0.15, 0.2) is 6.23 Å². The number of amides is 2. The van der Waals surface area contributed by atoms with Crippen LogP contribution in [0.3, 0.4) is 0 Å². The van der Waals surface area contributed by atoms with Gasteiger partial charge in [-0.3, -0.25) is 19.2 Å². The molecule has 2 unspecified atom stereocenters. The van der Waals surface area contributed by atoms with Crippen LogP contribution in [0.5, 0.6) is 23.0 Å². The van der Waals surface area contributed by atoms with Crippen LogP contribution in [-0.4, -0.2) is 72.0 Å². The van der Waals surface area contributed by atoms with E-state index in [4.69, 9.17) is 23.8 Å². The van der Waals surface area contributed by atoms with Crippen molar-refractivity contribution in [1.29, 1.82) is 0 Å². The lowest BCUT2D eigenvalue weighted by Crippen LogP contribution is -2.45. The number of carboxylic acids is 1. The Morgan fingerprint density at radius 2 is 1.66 bits per heavy atom. The van der Waals surface area contributed by atoms with E-state index < -0.39 is 23.7 Å². The number of hydroxylamine groups is 2. The Morgan fingerprint density at radius 3 is 2.31 bits per heavy atom. The molecule has 5 rings (SSSR count). The fourth-order valence-corrected chi connectivity index (χ4v) is 7.01.